The Morgan fingerprint density at radius 3 is 2.71 bits per heavy atom. The number of aryl methyl sites for hydroxylation is 2. The van der Waals surface area contributed by atoms with Gasteiger partial charge in [-0.05, 0) is 56.0 Å². The van der Waals surface area contributed by atoms with Crippen molar-refractivity contribution in [2.24, 2.45) is 0 Å². The van der Waals surface area contributed by atoms with E-state index in [4.69, 9.17) is 4.98 Å². The van der Waals surface area contributed by atoms with Crippen molar-refractivity contribution in [3.8, 4) is 16.9 Å². The lowest BCUT2D eigenvalue weighted by molar-refractivity contribution is -0.127. The Morgan fingerprint density at radius 2 is 1.96 bits per heavy atom. The fourth-order valence-corrected chi connectivity index (χ4v) is 6.91. The smallest absolute Gasteiger partial charge is 0.355 e. The molecule has 2 atom stereocenters. The number of rotatable bonds is 4. The number of anilines is 2. The number of carbonyl (C=O) groups excluding carboxylic acids is 1. The van der Waals surface area contributed by atoms with Crippen LogP contribution in [0.15, 0.2) is 48.0 Å². The molecule has 2 aliphatic rings. The number of hydrogen-bond acceptors (Lipinski definition) is 8. The normalized spacial score (nSPS) is 17.8. The van der Waals surface area contributed by atoms with Crippen LogP contribution in [0.4, 0.5) is 15.9 Å². The molecule has 4 aromatic heterocycles. The molecule has 0 radical (unpaired) electrons. The van der Waals surface area contributed by atoms with Crippen molar-refractivity contribution in [1.29, 1.82) is 0 Å². The van der Waals surface area contributed by atoms with E-state index < -0.39 is 11.5 Å². The highest BCUT2D eigenvalue weighted by atomic mass is 19.1. The Hall–Kier alpha value is -5.13. The van der Waals surface area contributed by atoms with Gasteiger partial charge >= 0.3 is 5.69 Å². The molecule has 1 amide bonds. The Balaban J connectivity index is 1.60. The molecule has 0 aliphatic carbocycles. The highest BCUT2D eigenvalue weighted by molar-refractivity contribution is 6.04. The molecule has 230 valence electrons. The Bertz CT molecular complexity index is 2100. The average Bonchev–Trinajstić information content (AvgIpc) is 3.42. The van der Waals surface area contributed by atoms with Crippen LogP contribution < -0.4 is 15.9 Å². The molecule has 11 nitrogen and oxygen atoms in total. The van der Waals surface area contributed by atoms with Gasteiger partial charge in [0.2, 0.25) is 5.91 Å². The molecule has 6 heterocycles. The Labute approximate surface area is 258 Å². The van der Waals surface area contributed by atoms with E-state index in [2.05, 4.69) is 32.1 Å². The summed E-state index contributed by atoms with van der Waals surface area (Å²) in [5, 5.41) is 11.7. The summed E-state index contributed by atoms with van der Waals surface area (Å²) in [6, 6.07) is 5.13. The van der Waals surface area contributed by atoms with E-state index in [-0.39, 0.29) is 40.9 Å². The fourth-order valence-electron chi connectivity index (χ4n) is 6.91. The van der Waals surface area contributed by atoms with Gasteiger partial charge in [0.15, 0.2) is 11.5 Å². The van der Waals surface area contributed by atoms with Gasteiger partial charge < -0.3 is 15.1 Å². The molecule has 1 aromatic carbocycles. The third-order valence-corrected chi connectivity index (χ3v) is 8.97. The zero-order chi connectivity index (χ0) is 31.7. The maximum absolute atomic E-state index is 17.1. The summed E-state index contributed by atoms with van der Waals surface area (Å²) in [6.45, 7) is 14.5. The minimum atomic E-state index is -0.550. The van der Waals surface area contributed by atoms with E-state index in [1.54, 1.807) is 17.3 Å². The first-order valence-corrected chi connectivity index (χ1v) is 15.1. The minimum absolute atomic E-state index is 0.0171. The van der Waals surface area contributed by atoms with Crippen molar-refractivity contribution in [2.45, 2.75) is 52.6 Å². The lowest BCUT2D eigenvalue weighted by atomic mass is 9.99. The first-order valence-electron chi connectivity index (χ1n) is 15.1. The van der Waals surface area contributed by atoms with E-state index in [0.717, 1.165) is 22.0 Å². The largest absolute Gasteiger partial charge is 0.380 e. The SMILES string of the molecule is C=CC(=O)N1CC(C)N2c3nc(=O)n(-c4c(C)ccnc4C(C)C)c4nc(-c5c(C)ccc6[nH]ncc56)c(F)c(c34)NCC2C1. The van der Waals surface area contributed by atoms with Crippen LogP contribution in [0, 0.1) is 19.7 Å². The molecule has 2 aliphatic heterocycles. The quantitative estimate of drug-likeness (QED) is 0.284. The number of hydrogen-bond donors (Lipinski definition) is 2. The van der Waals surface area contributed by atoms with Gasteiger partial charge in [-0.15, -0.1) is 0 Å². The maximum Gasteiger partial charge on any atom is 0.355 e. The van der Waals surface area contributed by atoms with Gasteiger partial charge in [-0.2, -0.15) is 10.1 Å². The van der Waals surface area contributed by atoms with Crippen LogP contribution in [-0.2, 0) is 4.79 Å². The van der Waals surface area contributed by atoms with Crippen LogP contribution in [0.25, 0.3) is 38.9 Å². The standard InChI is InChI=1S/C33H34FN9O2/c1-7-23(44)41-14-19(6)42-20(15-41)12-36-28-25-31(38-29(26(28)34)24-17(4)8-9-22-21(24)13-37-40-22)43(33(45)39-32(25)42)30-18(5)10-11-35-27(30)16(2)3/h7-11,13,16,19-20,36H,1,12,14-15H2,2-6H3,(H,37,40). The van der Waals surface area contributed by atoms with Crippen LogP contribution in [0.1, 0.15) is 43.5 Å². The lowest BCUT2D eigenvalue weighted by Crippen LogP contribution is -2.61. The average molecular weight is 608 g/mol. The summed E-state index contributed by atoms with van der Waals surface area (Å²) in [4.78, 5) is 45.0. The predicted molar refractivity (Wildman–Crippen MR) is 173 cm³/mol. The zero-order valence-electron chi connectivity index (χ0n) is 25.8. The molecule has 0 bridgehead atoms. The highest BCUT2D eigenvalue weighted by Gasteiger charge is 2.40. The van der Waals surface area contributed by atoms with Crippen LogP contribution in [-0.4, -0.2) is 72.2 Å². The van der Waals surface area contributed by atoms with Crippen molar-refractivity contribution >= 4 is 39.3 Å². The van der Waals surface area contributed by atoms with Crippen LogP contribution in [0.2, 0.25) is 0 Å². The molecule has 0 spiro atoms. The molecule has 12 heteroatoms. The Morgan fingerprint density at radius 1 is 1.16 bits per heavy atom. The fraction of sp³-hybridized carbons (Fsp3) is 0.333. The monoisotopic (exact) mass is 607 g/mol. The molecule has 5 aromatic rings. The second-order valence-electron chi connectivity index (χ2n) is 12.2. The number of fused-ring (bicyclic) bond motifs is 3. The summed E-state index contributed by atoms with van der Waals surface area (Å²) in [7, 11) is 0. The van der Waals surface area contributed by atoms with Gasteiger partial charge in [0, 0.05) is 42.8 Å². The number of nitrogens with one attached hydrogen (secondary N) is 2. The van der Waals surface area contributed by atoms with Crippen molar-refractivity contribution in [1.82, 2.24) is 34.6 Å². The highest BCUT2D eigenvalue weighted by Crippen LogP contribution is 2.43. The molecular weight excluding hydrogens is 573 g/mol. The van der Waals surface area contributed by atoms with Crippen molar-refractivity contribution in [3.63, 3.8) is 0 Å². The third-order valence-electron chi connectivity index (χ3n) is 8.97. The number of piperazine rings is 1. The topological polar surface area (TPSA) is 125 Å². The van der Waals surface area contributed by atoms with Gasteiger partial charge in [0.1, 0.15) is 11.5 Å². The minimum Gasteiger partial charge on any atom is -0.380 e. The number of nitrogens with zero attached hydrogens (tertiary/aromatic N) is 7. The second kappa shape index (κ2) is 10.5. The van der Waals surface area contributed by atoms with E-state index in [0.29, 0.717) is 47.8 Å². The number of amides is 1. The van der Waals surface area contributed by atoms with Crippen LogP contribution in [0.5, 0.6) is 0 Å². The molecular formula is C33H34FN9O2. The first kappa shape index (κ1) is 28.6. The number of carbonyl (C=O) groups is 1. The number of pyridine rings is 2. The first-order chi connectivity index (χ1) is 21.6. The Kier molecular flexibility index (Phi) is 6.68. The number of aromatic amines is 1. The van der Waals surface area contributed by atoms with Gasteiger partial charge in [-0.25, -0.2) is 18.7 Å². The molecule has 1 fully saturated rings. The molecule has 2 N–H and O–H groups in total. The lowest BCUT2D eigenvalue weighted by Gasteiger charge is -2.45. The number of halogens is 1. The molecule has 45 heavy (non-hydrogen) atoms. The van der Waals surface area contributed by atoms with Crippen LogP contribution >= 0.6 is 0 Å². The summed E-state index contributed by atoms with van der Waals surface area (Å²) in [5.41, 5.74) is 4.30. The summed E-state index contributed by atoms with van der Waals surface area (Å²) >= 11 is 0. The molecule has 0 saturated carbocycles. The van der Waals surface area contributed by atoms with E-state index in [1.807, 2.05) is 57.7 Å². The van der Waals surface area contributed by atoms with Gasteiger partial charge in [0.05, 0.1) is 40.2 Å². The molecule has 2 unspecified atom stereocenters. The predicted octanol–water partition coefficient (Wildman–Crippen LogP) is 4.62. The van der Waals surface area contributed by atoms with E-state index in [1.165, 1.54) is 10.6 Å². The van der Waals surface area contributed by atoms with Crippen molar-refractivity contribution in [3.05, 3.63) is 76.4 Å². The van der Waals surface area contributed by atoms with Crippen molar-refractivity contribution < 1.29 is 9.18 Å². The number of H-pyrrole nitrogens is 1. The second-order valence-corrected chi connectivity index (χ2v) is 12.2. The molecule has 1 saturated heterocycles. The summed E-state index contributed by atoms with van der Waals surface area (Å²) in [6.07, 6.45) is 4.69. The van der Waals surface area contributed by atoms with Gasteiger partial charge in [0.25, 0.3) is 0 Å². The van der Waals surface area contributed by atoms with E-state index in [9.17, 15) is 9.59 Å². The number of aromatic nitrogens is 6. The van der Waals surface area contributed by atoms with Crippen molar-refractivity contribution in [2.75, 3.05) is 29.9 Å². The van der Waals surface area contributed by atoms with Gasteiger partial charge in [-0.3, -0.25) is 14.9 Å². The third kappa shape index (κ3) is 4.30. The van der Waals surface area contributed by atoms with Crippen LogP contribution in [0.3, 0.4) is 0 Å². The van der Waals surface area contributed by atoms with Gasteiger partial charge in [-0.1, -0.05) is 26.5 Å². The molecule has 7 rings (SSSR count). The van der Waals surface area contributed by atoms with E-state index >= 15 is 4.39 Å². The summed E-state index contributed by atoms with van der Waals surface area (Å²) in [5.74, 6) is -0.398. The summed E-state index contributed by atoms with van der Waals surface area (Å²) < 4.78 is 18.6. The zero-order valence-corrected chi connectivity index (χ0v) is 25.8. The number of benzene rings is 1. The maximum atomic E-state index is 17.1.